The van der Waals surface area contributed by atoms with Gasteiger partial charge in [0.05, 0.1) is 11.9 Å². The van der Waals surface area contributed by atoms with Gasteiger partial charge in [0.1, 0.15) is 12.6 Å². The molecule has 7 nitrogen and oxygen atoms in total. The summed E-state index contributed by atoms with van der Waals surface area (Å²) in [5, 5.41) is 3.43. The number of unbranched alkanes of at least 4 members (excludes halogenated alkanes) is 1. The average Bonchev–Trinajstić information content (AvgIpc) is 2.89. The highest BCUT2D eigenvalue weighted by Crippen LogP contribution is 2.27. The molecule has 0 aliphatic rings. The zero-order valence-corrected chi connectivity index (χ0v) is 25.3. The zero-order chi connectivity index (χ0) is 29.3. The summed E-state index contributed by atoms with van der Waals surface area (Å²) < 4.78 is 26.7. The van der Waals surface area contributed by atoms with Crippen LogP contribution in [0.4, 0.5) is 5.69 Å². The Balaban J connectivity index is 2.04. The summed E-state index contributed by atoms with van der Waals surface area (Å²) in [6.07, 6.45) is 2.98. The van der Waals surface area contributed by atoms with Crippen LogP contribution in [-0.4, -0.2) is 50.5 Å². The number of halogens is 2. The van der Waals surface area contributed by atoms with Crippen molar-refractivity contribution in [1.82, 2.24) is 10.2 Å². The molecule has 0 saturated carbocycles. The lowest BCUT2D eigenvalue weighted by molar-refractivity contribution is -0.140. The van der Waals surface area contributed by atoms with Gasteiger partial charge in [0, 0.05) is 29.6 Å². The van der Waals surface area contributed by atoms with Crippen molar-refractivity contribution in [1.29, 1.82) is 0 Å². The van der Waals surface area contributed by atoms with Crippen molar-refractivity contribution < 1.29 is 18.0 Å². The normalized spacial score (nSPS) is 12.0. The highest BCUT2D eigenvalue weighted by atomic mass is 35.5. The van der Waals surface area contributed by atoms with Crippen LogP contribution in [0.15, 0.2) is 72.8 Å². The van der Waals surface area contributed by atoms with Gasteiger partial charge in [-0.05, 0) is 42.7 Å². The summed E-state index contributed by atoms with van der Waals surface area (Å²) in [5.74, 6) is -0.830. The standard InChI is InChI=1S/C30H35Cl2N3O4S/c1-4-5-15-33-30(37)28(16-23-9-7-6-8-10-23)34(20-24-13-11-22(2)12-14-24)29(36)21-35(40(3,38)39)27-18-25(31)17-26(32)19-27/h6-14,17-19,28H,4-5,15-16,20-21H2,1-3H3,(H,33,37). The quantitative estimate of drug-likeness (QED) is 0.257. The van der Waals surface area contributed by atoms with Gasteiger partial charge in [-0.1, -0.05) is 96.7 Å². The average molecular weight is 605 g/mol. The Bertz CT molecular complexity index is 1380. The third-order valence-electron chi connectivity index (χ3n) is 6.39. The summed E-state index contributed by atoms with van der Waals surface area (Å²) in [6, 6.07) is 20.6. The Morgan fingerprint density at radius 1 is 0.925 bits per heavy atom. The number of amides is 2. The SMILES string of the molecule is CCCCNC(=O)C(Cc1ccccc1)N(Cc1ccc(C)cc1)C(=O)CN(c1cc(Cl)cc(Cl)c1)S(C)(=O)=O. The number of rotatable bonds is 13. The first kappa shape index (κ1) is 31.5. The summed E-state index contributed by atoms with van der Waals surface area (Å²) >= 11 is 12.3. The molecule has 3 aromatic rings. The van der Waals surface area contributed by atoms with Gasteiger partial charge < -0.3 is 10.2 Å². The number of hydrogen-bond donors (Lipinski definition) is 1. The maximum Gasteiger partial charge on any atom is 0.244 e. The van der Waals surface area contributed by atoms with Crippen LogP contribution in [0.1, 0.15) is 36.5 Å². The number of nitrogens with zero attached hydrogens (tertiary/aromatic N) is 2. The van der Waals surface area contributed by atoms with Crippen LogP contribution in [-0.2, 0) is 32.6 Å². The number of benzene rings is 3. The van der Waals surface area contributed by atoms with Crippen LogP contribution >= 0.6 is 23.2 Å². The highest BCUT2D eigenvalue weighted by Gasteiger charge is 2.33. The van der Waals surface area contributed by atoms with Crippen molar-refractivity contribution in [3.8, 4) is 0 Å². The number of hydrogen-bond acceptors (Lipinski definition) is 4. The van der Waals surface area contributed by atoms with Crippen molar-refractivity contribution in [3.63, 3.8) is 0 Å². The summed E-state index contributed by atoms with van der Waals surface area (Å²) in [7, 11) is -3.91. The molecule has 0 bridgehead atoms. The van der Waals surface area contributed by atoms with Crippen molar-refractivity contribution >= 4 is 50.7 Å². The molecule has 0 aromatic heterocycles. The lowest BCUT2D eigenvalue weighted by atomic mass is 10.0. The topological polar surface area (TPSA) is 86.8 Å². The van der Waals surface area contributed by atoms with Crippen molar-refractivity contribution in [2.45, 2.75) is 45.7 Å². The summed E-state index contributed by atoms with van der Waals surface area (Å²) in [4.78, 5) is 29.1. The Morgan fingerprint density at radius 3 is 2.12 bits per heavy atom. The van der Waals surface area contributed by atoms with E-state index in [1.165, 1.54) is 23.1 Å². The van der Waals surface area contributed by atoms with E-state index in [9.17, 15) is 18.0 Å². The van der Waals surface area contributed by atoms with E-state index in [0.29, 0.717) is 6.54 Å². The number of nitrogens with one attached hydrogen (secondary N) is 1. The second-order valence-corrected chi connectivity index (χ2v) is 12.5. The highest BCUT2D eigenvalue weighted by molar-refractivity contribution is 7.92. The van der Waals surface area contributed by atoms with Crippen LogP contribution in [0.2, 0.25) is 10.0 Å². The number of carbonyl (C=O) groups excluding carboxylic acids is 2. The first-order chi connectivity index (χ1) is 19.0. The van der Waals surface area contributed by atoms with E-state index in [1.54, 1.807) is 0 Å². The molecule has 40 heavy (non-hydrogen) atoms. The van der Waals surface area contributed by atoms with E-state index in [1.807, 2.05) is 68.4 Å². The molecule has 0 aliphatic carbocycles. The maximum absolute atomic E-state index is 14.1. The molecular formula is C30H35Cl2N3O4S. The molecule has 1 unspecified atom stereocenters. The fourth-order valence-electron chi connectivity index (χ4n) is 4.25. The minimum absolute atomic E-state index is 0.117. The molecule has 1 atom stereocenters. The van der Waals surface area contributed by atoms with Crippen LogP contribution in [0.25, 0.3) is 0 Å². The molecule has 1 N–H and O–H groups in total. The van der Waals surface area contributed by atoms with Crippen molar-refractivity contribution in [2.24, 2.45) is 0 Å². The van der Waals surface area contributed by atoms with E-state index in [2.05, 4.69) is 5.32 Å². The second-order valence-electron chi connectivity index (χ2n) is 9.75. The first-order valence-corrected chi connectivity index (χ1v) is 15.7. The minimum Gasteiger partial charge on any atom is -0.354 e. The lowest BCUT2D eigenvalue weighted by Gasteiger charge is -2.33. The molecule has 0 aliphatic heterocycles. The predicted octanol–water partition coefficient (Wildman–Crippen LogP) is 5.62. The monoisotopic (exact) mass is 603 g/mol. The zero-order valence-electron chi connectivity index (χ0n) is 22.9. The first-order valence-electron chi connectivity index (χ1n) is 13.1. The maximum atomic E-state index is 14.1. The van der Waals surface area contributed by atoms with Gasteiger partial charge in [-0.25, -0.2) is 8.42 Å². The van der Waals surface area contributed by atoms with Crippen molar-refractivity contribution in [2.75, 3.05) is 23.7 Å². The Hall–Kier alpha value is -3.07. The van der Waals surface area contributed by atoms with E-state index < -0.39 is 28.5 Å². The molecule has 3 aromatic carbocycles. The van der Waals surface area contributed by atoms with Gasteiger partial charge in [-0.15, -0.1) is 0 Å². The molecule has 3 rings (SSSR count). The van der Waals surface area contributed by atoms with Gasteiger partial charge in [-0.2, -0.15) is 0 Å². The number of carbonyl (C=O) groups is 2. The molecule has 0 spiro atoms. The smallest absolute Gasteiger partial charge is 0.244 e. The van der Waals surface area contributed by atoms with E-state index in [-0.39, 0.29) is 34.6 Å². The van der Waals surface area contributed by atoms with E-state index in [0.717, 1.165) is 40.1 Å². The molecule has 0 saturated heterocycles. The minimum atomic E-state index is -3.91. The molecule has 0 heterocycles. The fourth-order valence-corrected chi connectivity index (χ4v) is 5.60. The third kappa shape index (κ3) is 9.25. The molecular weight excluding hydrogens is 569 g/mol. The third-order valence-corrected chi connectivity index (χ3v) is 7.97. The van der Waals surface area contributed by atoms with Crippen LogP contribution < -0.4 is 9.62 Å². The van der Waals surface area contributed by atoms with Gasteiger partial charge in [0.25, 0.3) is 0 Å². The van der Waals surface area contributed by atoms with E-state index in [4.69, 9.17) is 23.2 Å². The predicted molar refractivity (Wildman–Crippen MR) is 162 cm³/mol. The number of sulfonamides is 1. The number of anilines is 1. The largest absolute Gasteiger partial charge is 0.354 e. The van der Waals surface area contributed by atoms with Gasteiger partial charge in [0.2, 0.25) is 21.8 Å². The second kappa shape index (κ2) is 14.5. The Morgan fingerprint density at radius 2 is 1.55 bits per heavy atom. The van der Waals surface area contributed by atoms with Gasteiger partial charge in [0.15, 0.2) is 0 Å². The molecule has 214 valence electrons. The van der Waals surface area contributed by atoms with Crippen molar-refractivity contribution in [3.05, 3.63) is 99.5 Å². The summed E-state index contributed by atoms with van der Waals surface area (Å²) in [6.45, 7) is 4.05. The summed E-state index contributed by atoms with van der Waals surface area (Å²) in [5.41, 5.74) is 2.91. The Kier molecular flexibility index (Phi) is 11.4. The lowest BCUT2D eigenvalue weighted by Crippen LogP contribution is -2.53. The molecule has 2 amide bonds. The molecule has 0 fully saturated rings. The fraction of sp³-hybridized carbons (Fsp3) is 0.333. The number of aryl methyl sites for hydroxylation is 1. The molecule has 0 radical (unpaired) electrons. The Labute approximate surface area is 247 Å². The van der Waals surface area contributed by atoms with Crippen LogP contribution in [0.3, 0.4) is 0 Å². The molecule has 10 heteroatoms. The van der Waals surface area contributed by atoms with Gasteiger partial charge >= 0.3 is 0 Å². The van der Waals surface area contributed by atoms with E-state index >= 15 is 0 Å². The van der Waals surface area contributed by atoms with Crippen LogP contribution in [0, 0.1) is 6.92 Å². The van der Waals surface area contributed by atoms with Gasteiger partial charge in [-0.3, -0.25) is 13.9 Å². The van der Waals surface area contributed by atoms with Crippen LogP contribution in [0.5, 0.6) is 0 Å².